The standard InChI is InChI=1S/C12H13BrIN3/c1-8(12-5-6-15-17(12)2)16-11-7-9(14)3-4-10(11)13/h3-8,16H,1-2H3. The predicted molar refractivity (Wildman–Crippen MR) is 82.1 cm³/mol. The Kier molecular flexibility index (Phi) is 4.09. The maximum Gasteiger partial charge on any atom is 0.0654 e. The van der Waals surface area contributed by atoms with Crippen LogP contribution in [0.25, 0.3) is 0 Å². The Morgan fingerprint density at radius 2 is 2.18 bits per heavy atom. The Morgan fingerprint density at radius 3 is 2.82 bits per heavy atom. The van der Waals surface area contributed by atoms with E-state index >= 15 is 0 Å². The summed E-state index contributed by atoms with van der Waals surface area (Å²) in [6.07, 6.45) is 1.82. The van der Waals surface area contributed by atoms with Crippen molar-refractivity contribution in [3.63, 3.8) is 0 Å². The smallest absolute Gasteiger partial charge is 0.0654 e. The number of nitrogens with one attached hydrogen (secondary N) is 1. The van der Waals surface area contributed by atoms with Crippen molar-refractivity contribution in [3.8, 4) is 0 Å². The highest BCUT2D eigenvalue weighted by Crippen LogP contribution is 2.27. The Morgan fingerprint density at radius 1 is 1.41 bits per heavy atom. The topological polar surface area (TPSA) is 29.9 Å². The first-order valence-corrected chi connectivity index (χ1v) is 7.14. The van der Waals surface area contributed by atoms with E-state index in [1.807, 2.05) is 24.0 Å². The fraction of sp³-hybridized carbons (Fsp3) is 0.250. The summed E-state index contributed by atoms with van der Waals surface area (Å²) in [5.41, 5.74) is 2.27. The molecule has 0 aliphatic rings. The van der Waals surface area contributed by atoms with Gasteiger partial charge in [0.2, 0.25) is 0 Å². The maximum absolute atomic E-state index is 4.18. The first-order chi connectivity index (χ1) is 8.08. The van der Waals surface area contributed by atoms with Gasteiger partial charge < -0.3 is 5.32 Å². The van der Waals surface area contributed by atoms with Crippen LogP contribution in [-0.2, 0) is 7.05 Å². The number of hydrogen-bond donors (Lipinski definition) is 1. The molecule has 1 unspecified atom stereocenters. The maximum atomic E-state index is 4.18. The fourth-order valence-corrected chi connectivity index (χ4v) is 2.58. The van der Waals surface area contributed by atoms with Gasteiger partial charge in [0.1, 0.15) is 0 Å². The van der Waals surface area contributed by atoms with Gasteiger partial charge in [-0.3, -0.25) is 4.68 Å². The van der Waals surface area contributed by atoms with Gasteiger partial charge in [-0.05, 0) is 69.7 Å². The highest BCUT2D eigenvalue weighted by molar-refractivity contribution is 14.1. The zero-order chi connectivity index (χ0) is 12.4. The van der Waals surface area contributed by atoms with Gasteiger partial charge >= 0.3 is 0 Å². The van der Waals surface area contributed by atoms with E-state index in [2.05, 4.69) is 74.1 Å². The zero-order valence-corrected chi connectivity index (χ0v) is 13.4. The molecular formula is C12H13BrIN3. The summed E-state index contributed by atoms with van der Waals surface area (Å²) in [5, 5.41) is 7.66. The van der Waals surface area contributed by atoms with Crippen molar-refractivity contribution >= 4 is 44.2 Å². The molecule has 0 radical (unpaired) electrons. The van der Waals surface area contributed by atoms with Gasteiger partial charge in [0.05, 0.1) is 11.7 Å². The molecular weight excluding hydrogens is 393 g/mol. The lowest BCUT2D eigenvalue weighted by Gasteiger charge is -2.17. The van der Waals surface area contributed by atoms with Gasteiger partial charge in [0, 0.05) is 27.0 Å². The van der Waals surface area contributed by atoms with Gasteiger partial charge in [-0.2, -0.15) is 5.10 Å². The minimum atomic E-state index is 0.219. The minimum Gasteiger partial charge on any atom is -0.376 e. The van der Waals surface area contributed by atoms with Crippen molar-refractivity contribution in [1.82, 2.24) is 9.78 Å². The molecule has 0 amide bonds. The molecule has 0 aliphatic heterocycles. The summed E-state index contributed by atoms with van der Waals surface area (Å²) < 4.78 is 4.18. The van der Waals surface area contributed by atoms with Crippen LogP contribution in [0.5, 0.6) is 0 Å². The molecule has 0 saturated carbocycles. The first-order valence-electron chi connectivity index (χ1n) is 5.27. The van der Waals surface area contributed by atoms with E-state index in [0.717, 1.165) is 15.9 Å². The molecule has 0 aliphatic carbocycles. The highest BCUT2D eigenvalue weighted by atomic mass is 127. The Labute approximate surface area is 123 Å². The van der Waals surface area contributed by atoms with E-state index in [1.165, 1.54) is 3.57 Å². The van der Waals surface area contributed by atoms with Crippen molar-refractivity contribution in [2.24, 2.45) is 7.05 Å². The molecule has 2 rings (SSSR count). The normalized spacial score (nSPS) is 12.5. The average Bonchev–Trinajstić information content (AvgIpc) is 2.70. The predicted octanol–water partition coefficient (Wildman–Crippen LogP) is 3.96. The third-order valence-corrected chi connectivity index (χ3v) is 3.97. The van der Waals surface area contributed by atoms with Gasteiger partial charge in [0.15, 0.2) is 0 Å². The van der Waals surface area contributed by atoms with E-state index in [4.69, 9.17) is 0 Å². The Balaban J connectivity index is 2.21. The monoisotopic (exact) mass is 405 g/mol. The Bertz CT molecular complexity index is 524. The van der Waals surface area contributed by atoms with Crippen molar-refractivity contribution < 1.29 is 0 Å². The zero-order valence-electron chi connectivity index (χ0n) is 9.61. The molecule has 5 heteroatoms. The molecule has 90 valence electrons. The number of aryl methyl sites for hydroxylation is 1. The summed E-state index contributed by atoms with van der Waals surface area (Å²) in [7, 11) is 1.96. The molecule has 0 saturated heterocycles. The highest BCUT2D eigenvalue weighted by Gasteiger charge is 2.10. The van der Waals surface area contributed by atoms with Gasteiger partial charge in [-0.15, -0.1) is 0 Å². The summed E-state index contributed by atoms with van der Waals surface area (Å²) in [4.78, 5) is 0. The van der Waals surface area contributed by atoms with E-state index in [1.54, 1.807) is 0 Å². The summed E-state index contributed by atoms with van der Waals surface area (Å²) in [6, 6.07) is 8.50. The fourth-order valence-electron chi connectivity index (χ4n) is 1.72. The average molecular weight is 406 g/mol. The van der Waals surface area contributed by atoms with Crippen molar-refractivity contribution in [2.75, 3.05) is 5.32 Å². The molecule has 3 nitrogen and oxygen atoms in total. The lowest BCUT2D eigenvalue weighted by atomic mass is 10.2. The number of nitrogens with zero attached hydrogens (tertiary/aromatic N) is 2. The van der Waals surface area contributed by atoms with Crippen molar-refractivity contribution in [1.29, 1.82) is 0 Å². The number of aromatic nitrogens is 2. The van der Waals surface area contributed by atoms with Gasteiger partial charge in [-0.1, -0.05) is 0 Å². The summed E-state index contributed by atoms with van der Waals surface area (Å²) in [6.45, 7) is 2.13. The second kappa shape index (κ2) is 5.39. The molecule has 0 fully saturated rings. The van der Waals surface area contributed by atoms with Crippen LogP contribution in [0.3, 0.4) is 0 Å². The third-order valence-electron chi connectivity index (χ3n) is 2.60. The molecule has 1 aromatic carbocycles. The lowest BCUT2D eigenvalue weighted by molar-refractivity contribution is 0.675. The van der Waals surface area contributed by atoms with Crippen LogP contribution in [-0.4, -0.2) is 9.78 Å². The number of hydrogen-bond acceptors (Lipinski definition) is 2. The molecule has 1 aromatic heterocycles. The number of rotatable bonds is 3. The number of anilines is 1. The minimum absolute atomic E-state index is 0.219. The summed E-state index contributed by atoms with van der Waals surface area (Å²) >= 11 is 5.86. The van der Waals surface area contributed by atoms with Crippen LogP contribution in [0.2, 0.25) is 0 Å². The van der Waals surface area contributed by atoms with Crippen LogP contribution >= 0.6 is 38.5 Å². The van der Waals surface area contributed by atoms with E-state index in [0.29, 0.717) is 0 Å². The lowest BCUT2D eigenvalue weighted by Crippen LogP contribution is -2.11. The van der Waals surface area contributed by atoms with Crippen molar-refractivity contribution in [2.45, 2.75) is 13.0 Å². The largest absolute Gasteiger partial charge is 0.376 e. The van der Waals surface area contributed by atoms with E-state index < -0.39 is 0 Å². The van der Waals surface area contributed by atoms with E-state index in [9.17, 15) is 0 Å². The van der Waals surface area contributed by atoms with Gasteiger partial charge in [-0.25, -0.2) is 0 Å². The van der Waals surface area contributed by atoms with Crippen LogP contribution in [0, 0.1) is 3.57 Å². The Hall–Kier alpha value is -0.560. The van der Waals surface area contributed by atoms with E-state index in [-0.39, 0.29) is 6.04 Å². The van der Waals surface area contributed by atoms with Crippen LogP contribution in [0.4, 0.5) is 5.69 Å². The third kappa shape index (κ3) is 3.01. The molecule has 1 N–H and O–H groups in total. The quantitative estimate of drug-likeness (QED) is 0.783. The first kappa shape index (κ1) is 12.9. The molecule has 1 atom stereocenters. The number of benzene rings is 1. The van der Waals surface area contributed by atoms with Crippen LogP contribution in [0.1, 0.15) is 18.7 Å². The van der Waals surface area contributed by atoms with Crippen molar-refractivity contribution in [3.05, 3.63) is 44.2 Å². The summed E-state index contributed by atoms with van der Waals surface area (Å²) in [5.74, 6) is 0. The molecule has 1 heterocycles. The second-order valence-electron chi connectivity index (χ2n) is 3.87. The van der Waals surface area contributed by atoms with Crippen LogP contribution < -0.4 is 5.32 Å². The number of halogens is 2. The molecule has 17 heavy (non-hydrogen) atoms. The van der Waals surface area contributed by atoms with Gasteiger partial charge in [0.25, 0.3) is 0 Å². The second-order valence-corrected chi connectivity index (χ2v) is 5.97. The van der Waals surface area contributed by atoms with Crippen LogP contribution in [0.15, 0.2) is 34.9 Å². The molecule has 2 aromatic rings. The molecule has 0 spiro atoms. The molecule has 0 bridgehead atoms. The SMILES string of the molecule is CC(Nc1cc(I)ccc1Br)c1ccnn1C.